The molecule has 0 saturated heterocycles. The maximum atomic E-state index is 7.77. The maximum absolute atomic E-state index is 7.77. The van der Waals surface area contributed by atoms with Crippen molar-refractivity contribution in [3.63, 3.8) is 0 Å². The molecule has 7 heavy (non-hydrogen) atoms. The smallest absolute Gasteiger partial charge is 0.0910 e. The second-order valence-electron chi connectivity index (χ2n) is 0.650. The lowest BCUT2D eigenvalue weighted by Crippen LogP contribution is -1.39. The predicted octanol–water partition coefficient (Wildman–Crippen LogP) is 1.33. The van der Waals surface area contributed by atoms with Gasteiger partial charge in [0.1, 0.15) is 0 Å². The Kier molecular flexibility index (Phi) is 3.59. The van der Waals surface area contributed by atoms with Crippen LogP contribution in [0.3, 0.4) is 0 Å². The van der Waals surface area contributed by atoms with Gasteiger partial charge in [-0.15, -0.1) is 0 Å². The van der Waals surface area contributed by atoms with Crippen LogP contribution in [0.1, 0.15) is 0 Å². The summed E-state index contributed by atoms with van der Waals surface area (Å²) in [5, 5.41) is 10.7. The molecule has 34 valence electrons. The van der Waals surface area contributed by atoms with E-state index >= 15 is 0 Å². The first-order chi connectivity index (χ1) is 3.41. The summed E-state index contributed by atoms with van der Waals surface area (Å²) in [5.41, 5.74) is 7.59. The van der Waals surface area contributed by atoms with E-state index < -0.39 is 0 Å². The zero-order valence-electron chi connectivity index (χ0n) is 3.44. The third kappa shape index (κ3) is 4.54. The molecule has 0 rings (SSSR count). The fourth-order valence-corrected chi connectivity index (χ4v) is 0.0965. The van der Waals surface area contributed by atoms with Crippen molar-refractivity contribution in [2.24, 2.45) is 5.11 Å². The van der Waals surface area contributed by atoms with Crippen LogP contribution in [0.2, 0.25) is 0 Å². The van der Waals surface area contributed by atoms with Crippen LogP contribution in [0, 0.1) is 11.3 Å². The van der Waals surface area contributed by atoms with Crippen molar-refractivity contribution in [2.45, 2.75) is 0 Å². The molecule has 0 spiro atoms. The Morgan fingerprint density at radius 2 is 2.57 bits per heavy atom. The minimum absolute atomic E-state index is 1.08. The average Bonchev–Trinajstić information content (AvgIpc) is 1.69. The molecule has 0 aliphatic heterocycles. The summed E-state index contributed by atoms with van der Waals surface area (Å²) in [6, 6.07) is 1.66. The van der Waals surface area contributed by atoms with E-state index in [-0.39, 0.29) is 0 Å². The molecular weight excluding hydrogens is 92.1 g/mol. The molecule has 0 atom stereocenters. The van der Waals surface area contributed by atoms with Crippen molar-refractivity contribution in [1.82, 2.24) is 0 Å². The molecule has 0 radical (unpaired) electrons. The van der Waals surface area contributed by atoms with Gasteiger partial charge in [-0.3, -0.25) is 0 Å². The zero-order chi connectivity index (χ0) is 5.54. The first kappa shape index (κ1) is 5.54. The van der Waals surface area contributed by atoms with Gasteiger partial charge in [0.2, 0.25) is 0 Å². The first-order valence-electron chi connectivity index (χ1n) is 1.50. The summed E-state index contributed by atoms with van der Waals surface area (Å²) in [6.45, 7) is 0. The van der Waals surface area contributed by atoms with Gasteiger partial charge < -0.3 is 0 Å². The third-order valence-corrected chi connectivity index (χ3v) is 0.267. The number of azide groups is 1. The molecule has 0 aromatic carbocycles. The highest BCUT2D eigenvalue weighted by atomic mass is 15.1. The fourth-order valence-electron chi connectivity index (χ4n) is 0.0965. The summed E-state index contributed by atoms with van der Waals surface area (Å²) in [7, 11) is 0. The van der Waals surface area contributed by atoms with E-state index in [4.69, 9.17) is 10.8 Å². The first-order valence-corrected chi connectivity index (χ1v) is 1.50. The summed E-state index contributed by atoms with van der Waals surface area (Å²) in [4.78, 5) is 2.36. The zero-order valence-corrected chi connectivity index (χ0v) is 3.44. The van der Waals surface area contributed by atoms with Gasteiger partial charge >= 0.3 is 0 Å². The number of allylic oxidation sites excluding steroid dienone is 1. The van der Waals surface area contributed by atoms with Crippen molar-refractivity contribution in [3.05, 3.63) is 22.7 Å². The molecule has 0 saturated carbocycles. The van der Waals surface area contributed by atoms with Gasteiger partial charge in [0, 0.05) is 17.2 Å². The highest BCUT2D eigenvalue weighted by Crippen LogP contribution is 1.70. The van der Waals surface area contributed by atoms with Gasteiger partial charge in [-0.25, -0.2) is 0 Å². The standard InChI is InChI=1S/C3H2N4/c4-2-1-3-6-7-5/h1,3H/b3-1-. The molecule has 4 heteroatoms. The monoisotopic (exact) mass is 94.0 g/mol. The molecule has 0 aliphatic rings. The molecular formula is C3H2N4. The Morgan fingerprint density at radius 3 is 3.00 bits per heavy atom. The Balaban J connectivity index is 3.54. The predicted molar refractivity (Wildman–Crippen MR) is 23.9 cm³/mol. The summed E-state index contributed by atoms with van der Waals surface area (Å²) in [5.74, 6) is 0. The molecule has 0 N–H and O–H groups in total. The van der Waals surface area contributed by atoms with Crippen molar-refractivity contribution >= 4 is 0 Å². The molecule has 0 aromatic heterocycles. The van der Waals surface area contributed by atoms with Gasteiger partial charge in [0.15, 0.2) is 0 Å². The number of nitriles is 1. The lowest BCUT2D eigenvalue weighted by molar-refractivity contribution is 1.48. The van der Waals surface area contributed by atoms with E-state index in [0.717, 1.165) is 12.3 Å². The summed E-state index contributed by atoms with van der Waals surface area (Å²) in [6.07, 6.45) is 2.18. The van der Waals surface area contributed by atoms with Crippen LogP contribution < -0.4 is 0 Å². The van der Waals surface area contributed by atoms with Gasteiger partial charge in [0.05, 0.1) is 6.07 Å². The van der Waals surface area contributed by atoms with Crippen LogP contribution >= 0.6 is 0 Å². The van der Waals surface area contributed by atoms with Crippen LogP contribution in [0.15, 0.2) is 17.4 Å². The van der Waals surface area contributed by atoms with Crippen LogP contribution in [0.25, 0.3) is 10.4 Å². The number of nitrogens with zero attached hydrogens (tertiary/aromatic N) is 4. The Labute approximate surface area is 40.3 Å². The molecule has 0 aromatic rings. The van der Waals surface area contributed by atoms with Crippen molar-refractivity contribution in [3.8, 4) is 6.07 Å². The van der Waals surface area contributed by atoms with Crippen LogP contribution in [-0.2, 0) is 0 Å². The number of hydrogen-bond donors (Lipinski definition) is 0. The normalized spacial score (nSPS) is 7.29. The second kappa shape index (κ2) is 4.54. The largest absolute Gasteiger partial charge is 0.193 e. The van der Waals surface area contributed by atoms with Crippen molar-refractivity contribution < 1.29 is 0 Å². The lowest BCUT2D eigenvalue weighted by atomic mass is 10.7. The van der Waals surface area contributed by atoms with E-state index in [0.29, 0.717) is 0 Å². The van der Waals surface area contributed by atoms with Crippen LogP contribution in [0.4, 0.5) is 0 Å². The van der Waals surface area contributed by atoms with Gasteiger partial charge in [-0.05, 0) is 5.53 Å². The number of rotatable bonds is 1. The molecule has 0 heterocycles. The highest BCUT2D eigenvalue weighted by Gasteiger charge is 1.54. The summed E-state index contributed by atoms with van der Waals surface area (Å²) < 4.78 is 0. The van der Waals surface area contributed by atoms with Crippen molar-refractivity contribution in [2.75, 3.05) is 0 Å². The van der Waals surface area contributed by atoms with Gasteiger partial charge in [-0.1, -0.05) is 5.11 Å². The topological polar surface area (TPSA) is 72.5 Å². The van der Waals surface area contributed by atoms with Crippen LogP contribution in [0.5, 0.6) is 0 Å². The minimum Gasteiger partial charge on any atom is -0.193 e. The third-order valence-electron chi connectivity index (χ3n) is 0.267. The average molecular weight is 94.1 g/mol. The van der Waals surface area contributed by atoms with E-state index in [1.165, 1.54) is 0 Å². The SMILES string of the molecule is N#C/C=C\N=[N+]=[N-]. The van der Waals surface area contributed by atoms with Gasteiger partial charge in [-0.2, -0.15) is 5.26 Å². The van der Waals surface area contributed by atoms with E-state index in [1.807, 2.05) is 0 Å². The quantitative estimate of drug-likeness (QED) is 0.209. The van der Waals surface area contributed by atoms with Crippen molar-refractivity contribution in [1.29, 1.82) is 5.26 Å². The van der Waals surface area contributed by atoms with E-state index in [9.17, 15) is 0 Å². The molecule has 0 amide bonds. The second-order valence-corrected chi connectivity index (χ2v) is 0.650. The Bertz CT molecular complexity index is 145. The number of hydrogen-bond acceptors (Lipinski definition) is 2. The van der Waals surface area contributed by atoms with E-state index in [2.05, 4.69) is 10.0 Å². The fraction of sp³-hybridized carbons (Fsp3) is 0. The molecule has 0 aliphatic carbocycles. The minimum atomic E-state index is 1.08. The molecule has 4 nitrogen and oxygen atoms in total. The van der Waals surface area contributed by atoms with Gasteiger partial charge in [0.25, 0.3) is 0 Å². The molecule has 0 unspecified atom stereocenters. The Morgan fingerprint density at radius 1 is 1.86 bits per heavy atom. The van der Waals surface area contributed by atoms with Crippen LogP contribution in [-0.4, -0.2) is 0 Å². The highest BCUT2D eigenvalue weighted by molar-refractivity contribution is 5.00. The molecule has 0 fully saturated rings. The Hall–Kier alpha value is -1.46. The maximum Gasteiger partial charge on any atom is 0.0910 e. The lowest BCUT2D eigenvalue weighted by Gasteiger charge is -1.54. The van der Waals surface area contributed by atoms with E-state index in [1.54, 1.807) is 6.07 Å². The molecule has 0 bridgehead atoms. The summed E-state index contributed by atoms with van der Waals surface area (Å²) >= 11 is 0.